The first kappa shape index (κ1) is 19.1. The Morgan fingerprint density at radius 1 is 1.25 bits per heavy atom. The van der Waals surface area contributed by atoms with E-state index >= 15 is 0 Å². The third kappa shape index (κ3) is 3.70. The maximum absolute atomic E-state index is 12.8. The fraction of sp³-hybridized carbons (Fsp3) is 0.500. The minimum absolute atomic E-state index is 0.0339. The van der Waals surface area contributed by atoms with Crippen molar-refractivity contribution in [1.29, 1.82) is 0 Å². The predicted octanol–water partition coefficient (Wildman–Crippen LogP) is 3.88. The Kier molecular flexibility index (Phi) is 5.49. The third-order valence-corrected chi connectivity index (χ3v) is 6.19. The molecule has 0 bridgehead atoms. The molecular weight excluding hydrogens is 352 g/mol. The van der Waals surface area contributed by atoms with E-state index < -0.39 is 12.0 Å². The smallest absolute Gasteiger partial charge is 0.165 e. The highest BCUT2D eigenvalue weighted by Gasteiger charge is 2.43. The summed E-state index contributed by atoms with van der Waals surface area (Å²) in [5.74, 6) is 0.0488. The Morgan fingerprint density at radius 3 is 2.79 bits per heavy atom. The number of hydrogen-bond acceptors (Lipinski definition) is 4. The molecule has 3 aliphatic rings. The standard InChI is InChI=1S/C24H28O4/c1-2-20(25)19-9-5-6-10-21(26)22-23(27)17(14-28-24(19)22)13-16-7-3-4-8-18(16)15-11-12-15/h3-5,7-9,15,17,22-23,27H,2,6,10-14H2,1H3. The summed E-state index contributed by atoms with van der Waals surface area (Å²) in [5.41, 5.74) is 3.06. The largest absolute Gasteiger partial charge is 0.496 e. The number of hydrogen-bond donors (Lipinski definition) is 1. The van der Waals surface area contributed by atoms with Crippen LogP contribution in [0, 0.1) is 11.8 Å². The first-order chi connectivity index (χ1) is 13.6. The number of fused-ring (bicyclic) bond motifs is 1. The molecule has 0 aromatic heterocycles. The summed E-state index contributed by atoms with van der Waals surface area (Å²) >= 11 is 0. The molecule has 0 radical (unpaired) electrons. The molecule has 3 unspecified atom stereocenters. The Balaban J connectivity index is 1.63. The summed E-state index contributed by atoms with van der Waals surface area (Å²) in [7, 11) is 0. The zero-order valence-electron chi connectivity index (χ0n) is 16.4. The van der Waals surface area contributed by atoms with Crippen LogP contribution in [0.15, 0.2) is 47.7 Å². The van der Waals surface area contributed by atoms with Crippen LogP contribution in [0.2, 0.25) is 0 Å². The van der Waals surface area contributed by atoms with Crippen molar-refractivity contribution in [2.45, 2.75) is 57.5 Å². The SMILES string of the molecule is CCC(=O)C1=C2OCC(Cc3ccccc3C3CC3)C(O)C2C(=O)CCC=C1. The summed E-state index contributed by atoms with van der Waals surface area (Å²) in [6.07, 6.45) is 7.25. The van der Waals surface area contributed by atoms with Crippen molar-refractivity contribution in [2.24, 2.45) is 11.8 Å². The van der Waals surface area contributed by atoms with Crippen LogP contribution in [0.3, 0.4) is 0 Å². The number of ether oxygens (including phenoxy) is 1. The van der Waals surface area contributed by atoms with Gasteiger partial charge in [-0.1, -0.05) is 43.3 Å². The van der Waals surface area contributed by atoms with Crippen LogP contribution in [0.5, 0.6) is 0 Å². The second-order valence-electron chi connectivity index (χ2n) is 8.18. The molecule has 4 rings (SSSR count). The Morgan fingerprint density at radius 2 is 2.04 bits per heavy atom. The average Bonchev–Trinajstić information content (AvgIpc) is 3.53. The van der Waals surface area contributed by atoms with Crippen LogP contribution in [0.4, 0.5) is 0 Å². The minimum atomic E-state index is -0.824. The molecule has 1 aromatic rings. The van der Waals surface area contributed by atoms with Gasteiger partial charge in [0.2, 0.25) is 0 Å². The lowest BCUT2D eigenvalue weighted by Crippen LogP contribution is -2.44. The molecule has 1 heterocycles. The predicted molar refractivity (Wildman–Crippen MR) is 107 cm³/mol. The molecule has 1 N–H and O–H groups in total. The number of Topliss-reactive ketones (excluding diaryl/α,β-unsaturated/α-hetero) is 2. The van der Waals surface area contributed by atoms with Crippen molar-refractivity contribution in [3.63, 3.8) is 0 Å². The molecule has 2 aliphatic carbocycles. The van der Waals surface area contributed by atoms with E-state index in [2.05, 4.69) is 18.2 Å². The molecule has 148 valence electrons. The Bertz CT molecular complexity index is 831. The van der Waals surface area contributed by atoms with E-state index in [0.29, 0.717) is 49.5 Å². The Labute approximate surface area is 166 Å². The van der Waals surface area contributed by atoms with E-state index in [1.54, 1.807) is 13.0 Å². The van der Waals surface area contributed by atoms with E-state index in [0.717, 1.165) is 0 Å². The quantitative estimate of drug-likeness (QED) is 0.842. The summed E-state index contributed by atoms with van der Waals surface area (Å²) in [5, 5.41) is 11.2. The van der Waals surface area contributed by atoms with Gasteiger partial charge in [-0.05, 0) is 42.7 Å². The number of ketones is 2. The van der Waals surface area contributed by atoms with Crippen molar-refractivity contribution < 1.29 is 19.4 Å². The lowest BCUT2D eigenvalue weighted by Gasteiger charge is -2.37. The van der Waals surface area contributed by atoms with Crippen molar-refractivity contribution in [3.8, 4) is 0 Å². The molecule has 0 amide bonds. The second kappa shape index (κ2) is 8.04. The van der Waals surface area contributed by atoms with Gasteiger partial charge in [0.1, 0.15) is 17.5 Å². The lowest BCUT2D eigenvalue weighted by atomic mass is 9.77. The highest BCUT2D eigenvalue weighted by Crippen LogP contribution is 2.43. The summed E-state index contributed by atoms with van der Waals surface area (Å²) in [4.78, 5) is 25.2. The van der Waals surface area contributed by atoms with E-state index in [4.69, 9.17) is 4.74 Å². The molecule has 1 saturated carbocycles. The molecule has 2 fully saturated rings. The van der Waals surface area contributed by atoms with Crippen molar-refractivity contribution in [3.05, 3.63) is 58.9 Å². The van der Waals surface area contributed by atoms with Crippen molar-refractivity contribution >= 4 is 11.6 Å². The molecule has 1 aliphatic heterocycles. The number of benzene rings is 1. The van der Waals surface area contributed by atoms with Gasteiger partial charge in [-0.25, -0.2) is 0 Å². The molecule has 4 heteroatoms. The van der Waals surface area contributed by atoms with Gasteiger partial charge in [-0.15, -0.1) is 0 Å². The van der Waals surface area contributed by atoms with Gasteiger partial charge in [0.15, 0.2) is 5.78 Å². The molecule has 28 heavy (non-hydrogen) atoms. The van der Waals surface area contributed by atoms with E-state index in [1.807, 2.05) is 12.1 Å². The van der Waals surface area contributed by atoms with Crippen LogP contribution in [-0.2, 0) is 20.7 Å². The number of aliphatic hydroxyl groups excluding tert-OH is 1. The molecule has 1 aromatic carbocycles. The second-order valence-corrected chi connectivity index (χ2v) is 8.18. The van der Waals surface area contributed by atoms with Crippen LogP contribution in [0.1, 0.15) is 56.1 Å². The number of aliphatic hydroxyl groups is 1. The summed E-state index contributed by atoms with van der Waals surface area (Å²) < 4.78 is 6.02. The van der Waals surface area contributed by atoms with E-state index in [9.17, 15) is 14.7 Å². The first-order valence-corrected chi connectivity index (χ1v) is 10.5. The topological polar surface area (TPSA) is 63.6 Å². The molecular formula is C24H28O4. The maximum Gasteiger partial charge on any atom is 0.165 e. The normalized spacial score (nSPS) is 27.6. The van der Waals surface area contributed by atoms with E-state index in [-0.39, 0.29) is 17.5 Å². The van der Waals surface area contributed by atoms with Gasteiger partial charge in [0.25, 0.3) is 0 Å². The van der Waals surface area contributed by atoms with Crippen molar-refractivity contribution in [2.75, 3.05) is 6.61 Å². The van der Waals surface area contributed by atoms with Gasteiger partial charge >= 0.3 is 0 Å². The van der Waals surface area contributed by atoms with Crippen LogP contribution >= 0.6 is 0 Å². The fourth-order valence-corrected chi connectivity index (χ4v) is 4.45. The zero-order chi connectivity index (χ0) is 19.7. The number of carbonyl (C=O) groups is 2. The highest BCUT2D eigenvalue weighted by molar-refractivity contribution is 6.00. The molecule has 4 nitrogen and oxygen atoms in total. The summed E-state index contributed by atoms with van der Waals surface area (Å²) in [6.45, 7) is 2.13. The highest BCUT2D eigenvalue weighted by atomic mass is 16.5. The fourth-order valence-electron chi connectivity index (χ4n) is 4.45. The third-order valence-electron chi connectivity index (χ3n) is 6.19. The zero-order valence-corrected chi connectivity index (χ0v) is 16.4. The van der Waals surface area contributed by atoms with Gasteiger partial charge < -0.3 is 9.84 Å². The monoisotopic (exact) mass is 380 g/mol. The molecule has 3 atom stereocenters. The first-order valence-electron chi connectivity index (χ1n) is 10.5. The maximum atomic E-state index is 12.8. The number of allylic oxidation sites excluding steroid dienone is 3. The van der Waals surface area contributed by atoms with Crippen molar-refractivity contribution in [1.82, 2.24) is 0 Å². The molecule has 1 saturated heterocycles. The number of rotatable bonds is 5. The summed E-state index contributed by atoms with van der Waals surface area (Å²) in [6, 6.07) is 8.41. The van der Waals surface area contributed by atoms with Crippen LogP contribution < -0.4 is 0 Å². The lowest BCUT2D eigenvalue weighted by molar-refractivity contribution is -0.132. The number of carbonyl (C=O) groups excluding carboxylic acids is 2. The van der Waals surface area contributed by atoms with Gasteiger partial charge in [0.05, 0.1) is 18.3 Å². The van der Waals surface area contributed by atoms with Gasteiger partial charge in [-0.2, -0.15) is 0 Å². The van der Waals surface area contributed by atoms with Gasteiger partial charge in [-0.3, -0.25) is 9.59 Å². The van der Waals surface area contributed by atoms with Crippen LogP contribution in [-0.4, -0.2) is 29.4 Å². The van der Waals surface area contributed by atoms with E-state index in [1.165, 1.54) is 24.0 Å². The average molecular weight is 380 g/mol. The van der Waals surface area contributed by atoms with Gasteiger partial charge in [0, 0.05) is 18.8 Å². The Hall–Kier alpha value is -2.20. The minimum Gasteiger partial charge on any atom is -0.496 e. The van der Waals surface area contributed by atoms with Crippen LogP contribution in [0.25, 0.3) is 0 Å². The molecule has 0 spiro atoms.